The van der Waals surface area contributed by atoms with Gasteiger partial charge >= 0.3 is 12.1 Å². The van der Waals surface area contributed by atoms with Crippen molar-refractivity contribution in [3.8, 4) is 0 Å². The summed E-state index contributed by atoms with van der Waals surface area (Å²) in [7, 11) is 0. The first-order chi connectivity index (χ1) is 15.1. The highest BCUT2D eigenvalue weighted by molar-refractivity contribution is 6.18. The zero-order chi connectivity index (χ0) is 24.9. The number of hydrogen-bond donors (Lipinski definition) is 1. The summed E-state index contributed by atoms with van der Waals surface area (Å²) < 4.78 is 73.6. The first kappa shape index (κ1) is 24.4. The Morgan fingerprint density at radius 2 is 1.82 bits per heavy atom. The maximum atomic E-state index is 13.8. The third-order valence-electron chi connectivity index (χ3n) is 5.24. The molecule has 1 N–H and O–H groups in total. The van der Waals surface area contributed by atoms with E-state index in [0.717, 1.165) is 17.0 Å². The number of hydrogen-bond acceptors (Lipinski definition) is 4. The predicted octanol–water partition coefficient (Wildman–Crippen LogP) is 4.82. The minimum atomic E-state index is -4.83. The molecule has 1 aromatic heterocycles. The molecule has 0 saturated heterocycles. The van der Waals surface area contributed by atoms with E-state index in [2.05, 4.69) is 10.2 Å². The van der Waals surface area contributed by atoms with E-state index in [0.29, 0.717) is 6.07 Å². The molecule has 1 amide bonds. The number of H-pyrrole nitrogens is 1. The minimum absolute atomic E-state index is 0.0143. The monoisotopic (exact) mass is 471 g/mol. The van der Waals surface area contributed by atoms with Gasteiger partial charge in [-0.2, -0.15) is 18.3 Å². The van der Waals surface area contributed by atoms with Crippen molar-refractivity contribution < 1.29 is 36.3 Å². The number of ether oxygens (including phenoxy) is 1. The molecule has 3 rings (SSSR count). The molecule has 178 valence electrons. The standard InChI is InChI=1S/C22H22F5N3O3/c1-10(2)33-20(32)15-11(3)30(19(31)12-6-7-13(23)14(24)8-12)9-21(4,5)16-17(15)28-29-18(16)22(25,26)27/h6-8,10H,9H2,1-5H3,(H,28,29). The van der Waals surface area contributed by atoms with E-state index in [1.54, 1.807) is 13.8 Å². The molecular weight excluding hydrogens is 449 g/mol. The molecule has 0 aliphatic carbocycles. The fourth-order valence-electron chi connectivity index (χ4n) is 3.83. The van der Waals surface area contributed by atoms with Gasteiger partial charge in [0, 0.05) is 28.8 Å². The number of aromatic amines is 1. The van der Waals surface area contributed by atoms with Crippen LogP contribution >= 0.6 is 0 Å². The highest BCUT2D eigenvalue weighted by Crippen LogP contribution is 2.44. The molecule has 11 heteroatoms. The SMILES string of the molecule is CC1=C(C(=O)OC(C)C)c2[nH]nc(C(F)(F)F)c2C(C)(C)CN1C(=O)c1ccc(F)c(F)c1. The topological polar surface area (TPSA) is 75.3 Å². The minimum Gasteiger partial charge on any atom is -0.459 e. The van der Waals surface area contributed by atoms with Crippen LogP contribution in [0.4, 0.5) is 22.0 Å². The summed E-state index contributed by atoms with van der Waals surface area (Å²) >= 11 is 0. The number of alkyl halides is 3. The lowest BCUT2D eigenvalue weighted by Crippen LogP contribution is -2.39. The van der Waals surface area contributed by atoms with Crippen LogP contribution in [0, 0.1) is 11.6 Å². The predicted molar refractivity (Wildman–Crippen MR) is 108 cm³/mol. The van der Waals surface area contributed by atoms with Crippen LogP contribution in [0.2, 0.25) is 0 Å². The number of esters is 1. The number of amides is 1. The molecule has 2 heterocycles. The van der Waals surface area contributed by atoms with Crippen molar-refractivity contribution in [2.24, 2.45) is 0 Å². The quantitative estimate of drug-likeness (QED) is 0.515. The molecule has 1 aliphatic heterocycles. The molecule has 0 fully saturated rings. The van der Waals surface area contributed by atoms with Gasteiger partial charge in [-0.3, -0.25) is 9.89 Å². The molecule has 6 nitrogen and oxygen atoms in total. The van der Waals surface area contributed by atoms with Gasteiger partial charge in [0.1, 0.15) is 5.57 Å². The van der Waals surface area contributed by atoms with Crippen molar-refractivity contribution in [1.29, 1.82) is 0 Å². The molecule has 0 bridgehead atoms. The lowest BCUT2D eigenvalue weighted by Gasteiger charge is -2.32. The van der Waals surface area contributed by atoms with Gasteiger partial charge in [-0.25, -0.2) is 13.6 Å². The third-order valence-corrected chi connectivity index (χ3v) is 5.24. The summed E-state index contributed by atoms with van der Waals surface area (Å²) in [6.45, 7) is 7.12. The van der Waals surface area contributed by atoms with Crippen LogP contribution in [0.15, 0.2) is 23.9 Å². The number of allylic oxidation sites excluding steroid dienone is 1. The number of nitrogens with zero attached hydrogens (tertiary/aromatic N) is 2. The molecule has 33 heavy (non-hydrogen) atoms. The van der Waals surface area contributed by atoms with E-state index in [1.165, 1.54) is 20.8 Å². The van der Waals surface area contributed by atoms with E-state index < -0.39 is 46.9 Å². The Morgan fingerprint density at radius 3 is 2.36 bits per heavy atom. The van der Waals surface area contributed by atoms with Crippen molar-refractivity contribution in [2.75, 3.05) is 6.54 Å². The summed E-state index contributed by atoms with van der Waals surface area (Å²) in [4.78, 5) is 27.3. The fraction of sp³-hybridized carbons (Fsp3) is 0.409. The first-order valence-corrected chi connectivity index (χ1v) is 10.00. The van der Waals surface area contributed by atoms with Gasteiger partial charge in [-0.1, -0.05) is 13.8 Å². The highest BCUT2D eigenvalue weighted by Gasteiger charge is 2.47. The molecule has 0 spiro atoms. The van der Waals surface area contributed by atoms with Crippen LogP contribution in [0.25, 0.3) is 5.57 Å². The summed E-state index contributed by atoms with van der Waals surface area (Å²) in [5.41, 5.74) is -3.63. The molecule has 0 saturated carbocycles. The second-order valence-corrected chi connectivity index (χ2v) is 8.64. The van der Waals surface area contributed by atoms with Crippen LogP contribution in [0.5, 0.6) is 0 Å². The second kappa shape index (κ2) is 8.27. The van der Waals surface area contributed by atoms with Gasteiger partial charge in [0.05, 0.1) is 11.8 Å². The summed E-state index contributed by atoms with van der Waals surface area (Å²) in [5, 5.41) is 5.72. The molecular formula is C22H22F5N3O3. The first-order valence-electron chi connectivity index (χ1n) is 10.00. The largest absolute Gasteiger partial charge is 0.459 e. The summed E-state index contributed by atoms with van der Waals surface area (Å²) in [6.07, 6.45) is -5.43. The summed E-state index contributed by atoms with van der Waals surface area (Å²) in [6, 6.07) is 2.52. The Balaban J connectivity index is 2.26. The Bertz CT molecular complexity index is 1150. The number of aromatic nitrogens is 2. The van der Waals surface area contributed by atoms with Crippen molar-refractivity contribution in [3.05, 3.63) is 58.0 Å². The van der Waals surface area contributed by atoms with Gasteiger partial charge in [-0.15, -0.1) is 0 Å². The average Bonchev–Trinajstić information content (AvgIpc) is 3.10. The third kappa shape index (κ3) is 4.49. The Morgan fingerprint density at radius 1 is 1.18 bits per heavy atom. The van der Waals surface area contributed by atoms with Crippen molar-refractivity contribution in [3.63, 3.8) is 0 Å². The lowest BCUT2D eigenvalue weighted by molar-refractivity contribution is -0.142. The fourth-order valence-corrected chi connectivity index (χ4v) is 3.83. The Labute approximate surface area is 186 Å². The zero-order valence-corrected chi connectivity index (χ0v) is 18.5. The van der Waals surface area contributed by atoms with E-state index in [1.807, 2.05) is 0 Å². The molecule has 1 aliphatic rings. The van der Waals surface area contributed by atoms with E-state index >= 15 is 0 Å². The van der Waals surface area contributed by atoms with Gasteiger partial charge in [0.25, 0.3) is 5.91 Å². The number of halogens is 5. The van der Waals surface area contributed by atoms with Gasteiger partial charge < -0.3 is 9.64 Å². The van der Waals surface area contributed by atoms with E-state index in [-0.39, 0.29) is 34.6 Å². The van der Waals surface area contributed by atoms with Crippen LogP contribution in [0.3, 0.4) is 0 Å². The number of fused-ring (bicyclic) bond motifs is 1. The molecule has 0 radical (unpaired) electrons. The zero-order valence-electron chi connectivity index (χ0n) is 18.5. The average molecular weight is 471 g/mol. The number of carbonyl (C=O) groups is 2. The van der Waals surface area contributed by atoms with Gasteiger partial charge in [-0.05, 0) is 39.0 Å². The molecule has 2 aromatic rings. The van der Waals surface area contributed by atoms with Gasteiger partial charge in [0.2, 0.25) is 0 Å². The maximum Gasteiger partial charge on any atom is 0.435 e. The smallest absolute Gasteiger partial charge is 0.435 e. The Hall–Kier alpha value is -3.24. The normalized spacial score (nSPS) is 16.0. The lowest BCUT2D eigenvalue weighted by atomic mass is 9.81. The van der Waals surface area contributed by atoms with Crippen LogP contribution in [-0.4, -0.2) is 39.6 Å². The van der Waals surface area contributed by atoms with Crippen molar-refractivity contribution in [2.45, 2.75) is 52.3 Å². The number of nitrogens with one attached hydrogen (secondary N) is 1. The molecule has 0 unspecified atom stereocenters. The van der Waals surface area contributed by atoms with E-state index in [4.69, 9.17) is 4.74 Å². The molecule has 1 aromatic carbocycles. The second-order valence-electron chi connectivity index (χ2n) is 8.64. The highest BCUT2D eigenvalue weighted by atomic mass is 19.4. The van der Waals surface area contributed by atoms with Crippen LogP contribution in [0.1, 0.15) is 61.9 Å². The van der Waals surface area contributed by atoms with Crippen molar-refractivity contribution >= 4 is 17.4 Å². The van der Waals surface area contributed by atoms with E-state index in [9.17, 15) is 31.5 Å². The van der Waals surface area contributed by atoms with Crippen LogP contribution < -0.4 is 0 Å². The number of benzene rings is 1. The van der Waals surface area contributed by atoms with Gasteiger partial charge in [0.15, 0.2) is 17.3 Å². The molecule has 0 atom stereocenters. The maximum absolute atomic E-state index is 13.8. The Kier molecular flexibility index (Phi) is 6.12. The van der Waals surface area contributed by atoms with Crippen LogP contribution in [-0.2, 0) is 21.1 Å². The summed E-state index contributed by atoms with van der Waals surface area (Å²) in [5.74, 6) is -4.19. The van der Waals surface area contributed by atoms with Crippen molar-refractivity contribution in [1.82, 2.24) is 15.1 Å². The number of rotatable bonds is 3. The number of carbonyl (C=O) groups excluding carboxylic acids is 2.